The third kappa shape index (κ3) is 3.80. The molecule has 0 spiro atoms. The lowest BCUT2D eigenvalue weighted by atomic mass is 10.2. The number of aliphatic carboxylic acids is 1. The normalized spacial score (nSPS) is 18.1. The molecule has 1 aliphatic heterocycles. The first-order valence-electron chi connectivity index (χ1n) is 7.38. The van der Waals surface area contributed by atoms with Crippen molar-refractivity contribution in [2.75, 3.05) is 19.7 Å². The van der Waals surface area contributed by atoms with E-state index in [2.05, 4.69) is 0 Å². The molecule has 1 aliphatic rings. The van der Waals surface area contributed by atoms with Crippen LogP contribution in [0.15, 0.2) is 34.1 Å². The minimum atomic E-state index is -1.03. The van der Waals surface area contributed by atoms with E-state index in [1.165, 1.54) is 0 Å². The van der Waals surface area contributed by atoms with Gasteiger partial charge in [-0.3, -0.25) is 4.79 Å². The van der Waals surface area contributed by atoms with E-state index in [0.717, 1.165) is 16.4 Å². The SMILES string of the molecule is O=C(O)[C@H]1CN(C(=O)CCc2ccc(-c3cccs3)o2)CCO1. The number of ether oxygens (including phenoxy) is 1. The van der Waals surface area contributed by atoms with Crippen LogP contribution in [0.4, 0.5) is 0 Å². The van der Waals surface area contributed by atoms with Gasteiger partial charge in [-0.25, -0.2) is 4.79 Å². The molecular formula is C16H17NO5S. The Hall–Kier alpha value is -2.12. The molecule has 2 aromatic heterocycles. The Bertz CT molecular complexity index is 678. The van der Waals surface area contributed by atoms with Crippen LogP contribution in [0, 0.1) is 0 Å². The smallest absolute Gasteiger partial charge is 0.334 e. The predicted molar refractivity (Wildman–Crippen MR) is 84.3 cm³/mol. The van der Waals surface area contributed by atoms with Crippen molar-refractivity contribution in [1.82, 2.24) is 4.90 Å². The molecule has 0 saturated carbocycles. The van der Waals surface area contributed by atoms with Crippen LogP contribution < -0.4 is 0 Å². The molecule has 7 heteroatoms. The van der Waals surface area contributed by atoms with Crippen LogP contribution >= 0.6 is 11.3 Å². The summed E-state index contributed by atoms with van der Waals surface area (Å²) in [5.41, 5.74) is 0. The zero-order chi connectivity index (χ0) is 16.2. The Labute approximate surface area is 137 Å². The first kappa shape index (κ1) is 15.8. The fraction of sp³-hybridized carbons (Fsp3) is 0.375. The van der Waals surface area contributed by atoms with E-state index in [0.29, 0.717) is 19.4 Å². The second-order valence-electron chi connectivity index (χ2n) is 5.28. The molecule has 3 heterocycles. The number of hydrogen-bond acceptors (Lipinski definition) is 5. The number of morpholine rings is 1. The number of carboxylic acid groups (broad SMARTS) is 1. The number of carbonyl (C=O) groups excluding carboxylic acids is 1. The van der Waals surface area contributed by atoms with Crippen molar-refractivity contribution in [2.24, 2.45) is 0 Å². The molecule has 0 unspecified atom stereocenters. The lowest BCUT2D eigenvalue weighted by molar-refractivity contribution is -0.159. The average Bonchev–Trinajstić information content (AvgIpc) is 3.23. The molecule has 23 heavy (non-hydrogen) atoms. The van der Waals surface area contributed by atoms with E-state index in [9.17, 15) is 9.59 Å². The zero-order valence-corrected chi connectivity index (χ0v) is 13.3. The lowest BCUT2D eigenvalue weighted by Crippen LogP contribution is -2.48. The molecule has 3 rings (SSSR count). The van der Waals surface area contributed by atoms with Gasteiger partial charge in [0.15, 0.2) is 6.10 Å². The Morgan fingerprint density at radius 1 is 1.35 bits per heavy atom. The molecule has 1 saturated heterocycles. The molecular weight excluding hydrogens is 318 g/mol. The zero-order valence-electron chi connectivity index (χ0n) is 12.4. The Morgan fingerprint density at radius 3 is 2.96 bits per heavy atom. The minimum Gasteiger partial charge on any atom is -0.479 e. The number of nitrogens with zero attached hydrogens (tertiary/aromatic N) is 1. The van der Waals surface area contributed by atoms with Crippen molar-refractivity contribution < 1.29 is 23.8 Å². The first-order valence-corrected chi connectivity index (χ1v) is 8.26. The van der Waals surface area contributed by atoms with E-state index in [1.54, 1.807) is 16.2 Å². The number of furan rings is 1. The molecule has 1 fully saturated rings. The van der Waals surface area contributed by atoms with Crippen LogP contribution in [-0.2, 0) is 20.7 Å². The van der Waals surface area contributed by atoms with Gasteiger partial charge in [-0.1, -0.05) is 6.07 Å². The molecule has 0 aliphatic carbocycles. The number of aryl methyl sites for hydroxylation is 1. The van der Waals surface area contributed by atoms with Crippen molar-refractivity contribution in [3.8, 4) is 10.6 Å². The molecule has 0 radical (unpaired) electrons. The van der Waals surface area contributed by atoms with Gasteiger partial charge in [-0.15, -0.1) is 11.3 Å². The molecule has 6 nitrogen and oxygen atoms in total. The van der Waals surface area contributed by atoms with Gasteiger partial charge in [0.25, 0.3) is 0 Å². The molecule has 0 aromatic carbocycles. The van der Waals surface area contributed by atoms with E-state index in [1.807, 2.05) is 29.6 Å². The second-order valence-corrected chi connectivity index (χ2v) is 6.23. The quantitative estimate of drug-likeness (QED) is 0.906. The average molecular weight is 335 g/mol. The van der Waals surface area contributed by atoms with Crippen molar-refractivity contribution >= 4 is 23.2 Å². The summed E-state index contributed by atoms with van der Waals surface area (Å²) >= 11 is 1.60. The van der Waals surface area contributed by atoms with Crippen molar-refractivity contribution in [3.05, 3.63) is 35.4 Å². The van der Waals surface area contributed by atoms with Gasteiger partial charge in [0.05, 0.1) is 18.0 Å². The van der Waals surface area contributed by atoms with E-state index >= 15 is 0 Å². The van der Waals surface area contributed by atoms with Gasteiger partial charge in [0.2, 0.25) is 5.91 Å². The third-order valence-corrected chi connectivity index (χ3v) is 4.59. The fourth-order valence-corrected chi connectivity index (χ4v) is 3.16. The number of hydrogen-bond donors (Lipinski definition) is 1. The van der Waals surface area contributed by atoms with Gasteiger partial charge in [-0.05, 0) is 23.6 Å². The summed E-state index contributed by atoms with van der Waals surface area (Å²) in [6, 6.07) is 7.73. The largest absolute Gasteiger partial charge is 0.479 e. The highest BCUT2D eigenvalue weighted by Crippen LogP contribution is 2.27. The second kappa shape index (κ2) is 6.97. The van der Waals surface area contributed by atoms with Gasteiger partial charge in [0.1, 0.15) is 11.5 Å². The highest BCUT2D eigenvalue weighted by molar-refractivity contribution is 7.13. The molecule has 122 valence electrons. The number of amides is 1. The Kier molecular flexibility index (Phi) is 4.78. The minimum absolute atomic E-state index is 0.0753. The van der Waals surface area contributed by atoms with E-state index < -0.39 is 12.1 Å². The molecule has 1 atom stereocenters. The monoisotopic (exact) mass is 335 g/mol. The summed E-state index contributed by atoms with van der Waals surface area (Å²) in [7, 11) is 0. The number of carboxylic acids is 1. The third-order valence-electron chi connectivity index (χ3n) is 3.71. The standard InChI is InChI=1S/C16H17NO5S/c18-15(17-7-8-21-13(10-17)16(19)20)6-4-11-3-5-12(22-11)14-2-1-9-23-14/h1-3,5,9,13H,4,6-8,10H2,(H,19,20)/t13-/m1/s1. The van der Waals surface area contributed by atoms with Gasteiger partial charge < -0.3 is 19.2 Å². The summed E-state index contributed by atoms with van der Waals surface area (Å²) < 4.78 is 10.9. The number of rotatable bonds is 5. The molecule has 0 bridgehead atoms. The summed E-state index contributed by atoms with van der Waals surface area (Å²) in [6.45, 7) is 0.792. The summed E-state index contributed by atoms with van der Waals surface area (Å²) in [5, 5.41) is 10.9. The van der Waals surface area contributed by atoms with Crippen LogP contribution in [0.3, 0.4) is 0 Å². The predicted octanol–water partition coefficient (Wildman–Crippen LogP) is 2.25. The molecule has 1 N–H and O–H groups in total. The van der Waals surface area contributed by atoms with Gasteiger partial charge in [-0.2, -0.15) is 0 Å². The maximum atomic E-state index is 12.2. The Morgan fingerprint density at radius 2 is 2.22 bits per heavy atom. The van der Waals surface area contributed by atoms with Crippen molar-refractivity contribution in [2.45, 2.75) is 18.9 Å². The lowest BCUT2D eigenvalue weighted by Gasteiger charge is -2.30. The van der Waals surface area contributed by atoms with Gasteiger partial charge in [0, 0.05) is 19.4 Å². The topological polar surface area (TPSA) is 80.0 Å². The number of thiophene rings is 1. The maximum Gasteiger partial charge on any atom is 0.334 e. The van der Waals surface area contributed by atoms with Crippen LogP contribution in [0.1, 0.15) is 12.2 Å². The first-order chi connectivity index (χ1) is 11.1. The summed E-state index contributed by atoms with van der Waals surface area (Å²) in [5.74, 6) is 0.451. The molecule has 1 amide bonds. The fourth-order valence-electron chi connectivity index (χ4n) is 2.48. The van der Waals surface area contributed by atoms with Crippen molar-refractivity contribution in [3.63, 3.8) is 0 Å². The highest BCUT2D eigenvalue weighted by atomic mass is 32.1. The van der Waals surface area contributed by atoms with Crippen LogP contribution in [0.2, 0.25) is 0 Å². The number of carbonyl (C=O) groups is 2. The van der Waals surface area contributed by atoms with Crippen molar-refractivity contribution in [1.29, 1.82) is 0 Å². The highest BCUT2D eigenvalue weighted by Gasteiger charge is 2.28. The summed E-state index contributed by atoms with van der Waals surface area (Å²) in [4.78, 5) is 25.8. The van der Waals surface area contributed by atoms with E-state index in [-0.39, 0.29) is 19.1 Å². The maximum absolute atomic E-state index is 12.2. The van der Waals surface area contributed by atoms with Crippen LogP contribution in [0.5, 0.6) is 0 Å². The van der Waals surface area contributed by atoms with Gasteiger partial charge >= 0.3 is 5.97 Å². The van der Waals surface area contributed by atoms with Crippen LogP contribution in [-0.4, -0.2) is 47.7 Å². The summed E-state index contributed by atoms with van der Waals surface area (Å²) in [6.07, 6.45) is -0.134. The Balaban J connectivity index is 1.54. The molecule has 2 aromatic rings. The van der Waals surface area contributed by atoms with Crippen LogP contribution in [0.25, 0.3) is 10.6 Å². The van der Waals surface area contributed by atoms with E-state index in [4.69, 9.17) is 14.3 Å².